The quantitative estimate of drug-likeness (QED) is 0.256. The largest absolute Gasteiger partial charge is 0.494 e. The molecule has 0 aliphatic heterocycles. The summed E-state index contributed by atoms with van der Waals surface area (Å²) < 4.78 is 20.2. The average Bonchev–Trinajstić information content (AvgIpc) is 2.79. The van der Waals surface area contributed by atoms with Crippen LogP contribution in [0.2, 0.25) is 0 Å². The number of rotatable bonds is 9. The summed E-state index contributed by atoms with van der Waals surface area (Å²) in [6.07, 6.45) is 7.49. The van der Waals surface area contributed by atoms with Crippen LogP contribution in [0.4, 0.5) is 4.39 Å². The number of aryl methyl sites for hydroxylation is 1. The second-order valence-corrected chi connectivity index (χ2v) is 7.76. The molecule has 0 unspecified atom stereocenters. The summed E-state index contributed by atoms with van der Waals surface area (Å²) in [5.41, 5.74) is 4.37. The van der Waals surface area contributed by atoms with Crippen LogP contribution in [-0.4, -0.2) is 6.61 Å². The van der Waals surface area contributed by atoms with Gasteiger partial charge in [0.1, 0.15) is 11.6 Å². The minimum atomic E-state index is -0.245. The Bertz CT molecular complexity index is 1010. The Morgan fingerprint density at radius 3 is 2.10 bits per heavy atom. The highest BCUT2D eigenvalue weighted by Gasteiger charge is 2.06. The van der Waals surface area contributed by atoms with Gasteiger partial charge in [-0.25, -0.2) is 4.39 Å². The van der Waals surface area contributed by atoms with Gasteiger partial charge in [0.2, 0.25) is 0 Å². The summed E-state index contributed by atoms with van der Waals surface area (Å²) in [4.78, 5) is 0. The first-order valence-corrected chi connectivity index (χ1v) is 11.3. The third kappa shape index (κ3) is 7.00. The van der Waals surface area contributed by atoms with Gasteiger partial charge in [-0.3, -0.25) is 0 Å². The monoisotopic (exact) mass is 414 g/mol. The zero-order chi connectivity index (χ0) is 21.9. The van der Waals surface area contributed by atoms with Crippen molar-refractivity contribution in [2.75, 3.05) is 6.61 Å². The van der Waals surface area contributed by atoms with Gasteiger partial charge in [0.15, 0.2) is 0 Å². The first-order chi connectivity index (χ1) is 15.2. The number of hydrogen-bond acceptors (Lipinski definition) is 1. The van der Waals surface area contributed by atoms with Crippen molar-refractivity contribution in [3.05, 3.63) is 89.2 Å². The fourth-order valence-corrected chi connectivity index (χ4v) is 3.56. The molecule has 0 fully saturated rings. The van der Waals surface area contributed by atoms with E-state index in [-0.39, 0.29) is 5.82 Å². The third-order valence-corrected chi connectivity index (χ3v) is 5.32. The van der Waals surface area contributed by atoms with Crippen LogP contribution in [0.3, 0.4) is 0 Å². The molecule has 0 radical (unpaired) electrons. The molecule has 1 nitrogen and oxygen atoms in total. The highest BCUT2D eigenvalue weighted by Crippen LogP contribution is 2.24. The smallest absolute Gasteiger partial charge is 0.132 e. The van der Waals surface area contributed by atoms with E-state index < -0.39 is 0 Å². The fraction of sp³-hybridized carbons (Fsp3) is 0.310. The maximum atomic E-state index is 14.7. The van der Waals surface area contributed by atoms with Gasteiger partial charge in [0, 0.05) is 16.7 Å². The van der Waals surface area contributed by atoms with Crippen LogP contribution in [0.25, 0.3) is 11.1 Å². The zero-order valence-corrected chi connectivity index (χ0v) is 18.6. The lowest BCUT2D eigenvalue weighted by Crippen LogP contribution is -1.90. The van der Waals surface area contributed by atoms with Crippen molar-refractivity contribution in [1.29, 1.82) is 0 Å². The van der Waals surface area contributed by atoms with Crippen molar-refractivity contribution in [2.24, 2.45) is 0 Å². The molecule has 0 saturated carbocycles. The number of benzene rings is 3. The lowest BCUT2D eigenvalue weighted by atomic mass is 9.99. The molecule has 3 aromatic carbocycles. The molecule has 0 aliphatic carbocycles. The Labute approximate surface area is 186 Å². The van der Waals surface area contributed by atoms with Crippen molar-refractivity contribution < 1.29 is 9.13 Å². The van der Waals surface area contributed by atoms with E-state index in [0.717, 1.165) is 23.3 Å². The Balaban J connectivity index is 1.63. The molecule has 31 heavy (non-hydrogen) atoms. The normalized spacial score (nSPS) is 10.4. The van der Waals surface area contributed by atoms with Crippen molar-refractivity contribution in [1.82, 2.24) is 0 Å². The fourth-order valence-electron chi connectivity index (χ4n) is 3.56. The summed E-state index contributed by atoms with van der Waals surface area (Å²) in [5, 5.41) is 0. The summed E-state index contributed by atoms with van der Waals surface area (Å²) in [7, 11) is 0. The molecule has 3 aromatic rings. The molecule has 3 rings (SSSR count). The van der Waals surface area contributed by atoms with Crippen LogP contribution in [0.5, 0.6) is 5.75 Å². The van der Waals surface area contributed by atoms with Gasteiger partial charge in [0.25, 0.3) is 0 Å². The molecule has 0 bridgehead atoms. The van der Waals surface area contributed by atoms with E-state index in [2.05, 4.69) is 30.9 Å². The van der Waals surface area contributed by atoms with E-state index in [9.17, 15) is 4.39 Å². The predicted molar refractivity (Wildman–Crippen MR) is 128 cm³/mol. The van der Waals surface area contributed by atoms with E-state index >= 15 is 0 Å². The summed E-state index contributed by atoms with van der Waals surface area (Å²) in [5.74, 6) is 6.71. The highest BCUT2D eigenvalue weighted by atomic mass is 19.1. The number of halogens is 1. The molecule has 0 saturated heterocycles. The molecule has 160 valence electrons. The molecular formula is C29H31FO. The van der Waals surface area contributed by atoms with Gasteiger partial charge in [-0.1, -0.05) is 74.8 Å². The van der Waals surface area contributed by atoms with E-state index in [1.54, 1.807) is 0 Å². The number of ether oxygens (including phenoxy) is 1. The molecule has 0 atom stereocenters. The molecule has 0 spiro atoms. The van der Waals surface area contributed by atoms with Gasteiger partial charge in [-0.05, 0) is 67.3 Å². The lowest BCUT2D eigenvalue weighted by Gasteiger charge is -2.06. The minimum Gasteiger partial charge on any atom is -0.494 e. The third-order valence-electron chi connectivity index (χ3n) is 5.32. The van der Waals surface area contributed by atoms with E-state index in [0.29, 0.717) is 17.7 Å². The van der Waals surface area contributed by atoms with Crippen molar-refractivity contribution in [3.8, 4) is 28.7 Å². The van der Waals surface area contributed by atoms with Gasteiger partial charge < -0.3 is 4.74 Å². The summed E-state index contributed by atoms with van der Waals surface area (Å²) in [6, 6.07) is 21.1. The van der Waals surface area contributed by atoms with Gasteiger partial charge in [-0.2, -0.15) is 0 Å². The maximum absolute atomic E-state index is 14.7. The van der Waals surface area contributed by atoms with E-state index in [1.807, 2.05) is 55.5 Å². The Morgan fingerprint density at radius 2 is 1.42 bits per heavy atom. The van der Waals surface area contributed by atoms with Gasteiger partial charge in [-0.15, -0.1) is 0 Å². The first kappa shape index (κ1) is 22.6. The Kier molecular flexibility index (Phi) is 8.73. The SMILES string of the molecule is CCCCCCCc1ccc(-c2ccc(C#Cc3ccc(OCC)cc3)cc2F)cc1. The second kappa shape index (κ2) is 12.0. The van der Waals surface area contributed by atoms with E-state index in [1.165, 1.54) is 43.7 Å². The van der Waals surface area contributed by atoms with E-state index in [4.69, 9.17) is 4.74 Å². The van der Waals surface area contributed by atoms with Crippen molar-refractivity contribution in [3.63, 3.8) is 0 Å². The standard InChI is InChI=1S/C29H31FO/c1-3-5-6-7-8-9-23-12-17-26(18-13-23)28-21-16-25(22-29(28)30)11-10-24-14-19-27(20-15-24)31-4-2/h12-22H,3-9H2,1-2H3. The lowest BCUT2D eigenvalue weighted by molar-refractivity contribution is 0.340. The molecule has 0 N–H and O–H groups in total. The molecular weight excluding hydrogens is 383 g/mol. The molecule has 0 aromatic heterocycles. The van der Waals surface area contributed by atoms with Crippen LogP contribution in [-0.2, 0) is 6.42 Å². The van der Waals surface area contributed by atoms with Gasteiger partial charge in [0.05, 0.1) is 6.61 Å². The van der Waals surface area contributed by atoms with Gasteiger partial charge >= 0.3 is 0 Å². The van der Waals surface area contributed by atoms with Crippen LogP contribution in [0, 0.1) is 17.7 Å². The minimum absolute atomic E-state index is 0.245. The van der Waals surface area contributed by atoms with Crippen LogP contribution < -0.4 is 4.74 Å². The molecule has 0 aliphatic rings. The van der Waals surface area contributed by atoms with Crippen molar-refractivity contribution in [2.45, 2.75) is 52.4 Å². The number of unbranched alkanes of at least 4 members (excludes halogenated alkanes) is 4. The van der Waals surface area contributed by atoms with Crippen molar-refractivity contribution >= 4 is 0 Å². The zero-order valence-electron chi connectivity index (χ0n) is 18.6. The molecule has 0 amide bonds. The second-order valence-electron chi connectivity index (χ2n) is 7.76. The first-order valence-electron chi connectivity index (χ1n) is 11.3. The predicted octanol–water partition coefficient (Wildman–Crippen LogP) is 7.80. The number of hydrogen-bond donors (Lipinski definition) is 0. The van der Waals surface area contributed by atoms with Crippen LogP contribution in [0.1, 0.15) is 62.6 Å². The molecule has 2 heteroatoms. The Hall–Kier alpha value is -3.05. The molecule has 0 heterocycles. The topological polar surface area (TPSA) is 9.23 Å². The average molecular weight is 415 g/mol. The van der Waals surface area contributed by atoms with Crippen LogP contribution in [0.15, 0.2) is 66.7 Å². The van der Waals surface area contributed by atoms with Crippen LogP contribution >= 0.6 is 0 Å². The maximum Gasteiger partial charge on any atom is 0.132 e. The highest BCUT2D eigenvalue weighted by molar-refractivity contribution is 5.65. The summed E-state index contributed by atoms with van der Waals surface area (Å²) in [6.45, 7) is 4.83. The summed E-state index contributed by atoms with van der Waals surface area (Å²) >= 11 is 0. The Morgan fingerprint density at radius 1 is 0.742 bits per heavy atom.